The molecule has 3 atom stereocenters. The maximum absolute atomic E-state index is 12.6. The molecule has 1 unspecified atom stereocenters. The first-order chi connectivity index (χ1) is 17.8. The van der Waals surface area contributed by atoms with E-state index in [0.29, 0.717) is 5.56 Å². The lowest BCUT2D eigenvalue weighted by atomic mass is 9.92. The van der Waals surface area contributed by atoms with E-state index < -0.39 is 42.3 Å². The lowest BCUT2D eigenvalue weighted by Gasteiger charge is -2.22. The maximum Gasteiger partial charge on any atom is 0.508 e. The molecule has 10 heteroatoms. The van der Waals surface area contributed by atoms with Gasteiger partial charge in [0.05, 0.1) is 18.9 Å². The van der Waals surface area contributed by atoms with E-state index in [1.165, 1.54) is 12.1 Å². The third-order valence-corrected chi connectivity index (χ3v) is 5.14. The fraction of sp³-hybridized carbons (Fsp3) is 0.655. The van der Waals surface area contributed by atoms with E-state index in [0.717, 1.165) is 0 Å². The molecule has 1 rings (SSSR count). The monoisotopic (exact) mass is 551 g/mol. The van der Waals surface area contributed by atoms with Crippen LogP contribution >= 0.6 is 0 Å². The van der Waals surface area contributed by atoms with Crippen LogP contribution in [0, 0.1) is 10.8 Å². The first-order valence-corrected chi connectivity index (χ1v) is 13.1. The Bertz CT molecular complexity index is 1000. The molecule has 2 N–H and O–H groups in total. The molecule has 10 nitrogen and oxygen atoms in total. The summed E-state index contributed by atoms with van der Waals surface area (Å²) in [4.78, 5) is 49.3. The second kappa shape index (κ2) is 14.3. The van der Waals surface area contributed by atoms with Crippen molar-refractivity contribution < 1.29 is 42.9 Å². The molecule has 39 heavy (non-hydrogen) atoms. The fourth-order valence-electron chi connectivity index (χ4n) is 3.20. The average Bonchev–Trinajstić information content (AvgIpc) is 2.71. The Balaban J connectivity index is 2.98. The van der Waals surface area contributed by atoms with E-state index in [2.05, 4.69) is 0 Å². The summed E-state index contributed by atoms with van der Waals surface area (Å²) in [6.45, 7) is 18.0. The van der Waals surface area contributed by atoms with Crippen LogP contribution in [0.1, 0.15) is 87.6 Å². The molecule has 0 heterocycles. The Hall–Kier alpha value is -3.14. The summed E-state index contributed by atoms with van der Waals surface area (Å²) in [5.74, 6) is -1.51. The first-order valence-electron chi connectivity index (χ1n) is 13.1. The number of hydrogen-bond donors (Lipinski definition) is 1. The summed E-state index contributed by atoms with van der Waals surface area (Å²) in [5, 5.41) is 0. The summed E-state index contributed by atoms with van der Waals surface area (Å²) in [6, 6.07) is 3.59. The smallest absolute Gasteiger partial charge is 0.458 e. The number of ether oxygens (including phenoxy) is 5. The quantitative estimate of drug-likeness (QED) is 0.291. The molecule has 0 aliphatic carbocycles. The molecule has 0 radical (unpaired) electrons. The molecule has 0 bridgehead atoms. The van der Waals surface area contributed by atoms with E-state index >= 15 is 0 Å². The van der Waals surface area contributed by atoms with E-state index in [-0.39, 0.29) is 47.7 Å². The normalized spacial score (nSPS) is 14.2. The van der Waals surface area contributed by atoms with Gasteiger partial charge in [0.1, 0.15) is 18.2 Å². The minimum absolute atomic E-state index is 0.0518. The molecular formula is C29H45NO9. The van der Waals surface area contributed by atoms with Gasteiger partial charge in [-0.05, 0) is 62.6 Å². The van der Waals surface area contributed by atoms with Gasteiger partial charge in [0.25, 0.3) is 0 Å². The predicted molar refractivity (Wildman–Crippen MR) is 145 cm³/mol. The van der Waals surface area contributed by atoms with Gasteiger partial charge in [-0.3, -0.25) is 14.4 Å². The largest absolute Gasteiger partial charge is 0.508 e. The Labute approximate surface area is 231 Å². The third-order valence-electron chi connectivity index (χ3n) is 5.14. The van der Waals surface area contributed by atoms with Crippen molar-refractivity contribution >= 4 is 24.1 Å². The van der Waals surface area contributed by atoms with Crippen molar-refractivity contribution in [3.8, 4) is 11.5 Å². The van der Waals surface area contributed by atoms with Gasteiger partial charge in [0.2, 0.25) is 0 Å². The summed E-state index contributed by atoms with van der Waals surface area (Å²) in [7, 11) is 0. The zero-order chi connectivity index (χ0) is 30.1. The number of hydrogen-bond acceptors (Lipinski definition) is 10. The van der Waals surface area contributed by atoms with E-state index in [1.807, 2.05) is 41.5 Å². The number of esters is 3. The predicted octanol–water partition coefficient (Wildman–Crippen LogP) is 5.12. The minimum Gasteiger partial charge on any atom is -0.458 e. The highest BCUT2D eigenvalue weighted by atomic mass is 16.7. The van der Waals surface area contributed by atoms with Gasteiger partial charge < -0.3 is 29.4 Å². The van der Waals surface area contributed by atoms with Crippen LogP contribution in [-0.4, -0.2) is 48.4 Å². The lowest BCUT2D eigenvalue weighted by Crippen LogP contribution is -2.39. The summed E-state index contributed by atoms with van der Waals surface area (Å²) >= 11 is 0. The van der Waals surface area contributed by atoms with Gasteiger partial charge in [-0.15, -0.1) is 0 Å². The minimum atomic E-state index is -1.06. The van der Waals surface area contributed by atoms with Gasteiger partial charge in [-0.1, -0.05) is 47.6 Å². The van der Waals surface area contributed by atoms with Crippen molar-refractivity contribution in [2.24, 2.45) is 16.6 Å². The second-order valence-electron chi connectivity index (χ2n) is 12.4. The van der Waals surface area contributed by atoms with Crippen LogP contribution in [0.3, 0.4) is 0 Å². The van der Waals surface area contributed by atoms with Crippen molar-refractivity contribution in [2.45, 2.75) is 113 Å². The van der Waals surface area contributed by atoms with E-state index in [4.69, 9.17) is 29.4 Å². The number of carbonyl (C=O) groups excluding carboxylic acids is 4. The van der Waals surface area contributed by atoms with Crippen molar-refractivity contribution in [1.29, 1.82) is 0 Å². The number of rotatable bonds is 11. The highest BCUT2D eigenvalue weighted by molar-refractivity contribution is 5.78. The SMILES string of the molecule is CC(C)OC(=O)OC(C)[C@H](C)OC(=O)[C@@H](N)Cc1ccc(OC(=O)CC(C)(C)C)c(OC(=O)CC(C)(C)C)c1. The van der Waals surface area contributed by atoms with Crippen LogP contribution < -0.4 is 15.2 Å². The summed E-state index contributed by atoms with van der Waals surface area (Å²) in [6.07, 6.45) is -2.39. The zero-order valence-electron chi connectivity index (χ0n) is 24.9. The highest BCUT2D eigenvalue weighted by Crippen LogP contribution is 2.32. The van der Waals surface area contributed by atoms with Crippen LogP contribution in [0.2, 0.25) is 0 Å². The van der Waals surface area contributed by atoms with Gasteiger partial charge in [0, 0.05) is 0 Å². The standard InChI is InChI=1S/C29H45NO9/c1-17(2)35-27(34)37-19(4)18(3)36-26(33)21(30)13-20-11-12-22(38-24(31)15-28(5,6)7)23(14-20)39-25(32)16-29(8,9)10/h11-12,14,17-19,21H,13,15-16,30H2,1-10H3/t18-,19?,21-/m0/s1. The van der Waals surface area contributed by atoms with Gasteiger partial charge in [0.15, 0.2) is 11.5 Å². The van der Waals surface area contributed by atoms with Crippen LogP contribution in [0.5, 0.6) is 11.5 Å². The van der Waals surface area contributed by atoms with Gasteiger partial charge in [-0.2, -0.15) is 0 Å². The Morgan fingerprint density at radius 3 is 1.72 bits per heavy atom. The average molecular weight is 552 g/mol. The molecule has 0 amide bonds. The number of nitrogens with two attached hydrogens (primary N) is 1. The molecule has 0 saturated heterocycles. The van der Waals surface area contributed by atoms with Crippen molar-refractivity contribution in [3.05, 3.63) is 23.8 Å². The molecule has 0 aliphatic heterocycles. The van der Waals surface area contributed by atoms with Crippen LogP contribution in [-0.2, 0) is 35.0 Å². The van der Waals surface area contributed by atoms with Crippen molar-refractivity contribution in [3.63, 3.8) is 0 Å². The molecule has 0 spiro atoms. The molecule has 1 aromatic carbocycles. The topological polar surface area (TPSA) is 140 Å². The van der Waals surface area contributed by atoms with Crippen molar-refractivity contribution in [2.75, 3.05) is 0 Å². The molecular weight excluding hydrogens is 506 g/mol. The molecule has 0 aliphatic rings. The van der Waals surface area contributed by atoms with E-state index in [1.54, 1.807) is 33.8 Å². The first kappa shape index (κ1) is 33.9. The fourth-order valence-corrected chi connectivity index (χ4v) is 3.20. The third kappa shape index (κ3) is 14.0. The Morgan fingerprint density at radius 1 is 0.744 bits per heavy atom. The van der Waals surface area contributed by atoms with Crippen molar-refractivity contribution in [1.82, 2.24) is 0 Å². The van der Waals surface area contributed by atoms with Crippen LogP contribution in [0.25, 0.3) is 0 Å². The number of carbonyl (C=O) groups is 4. The van der Waals surface area contributed by atoms with Crippen LogP contribution in [0.4, 0.5) is 4.79 Å². The maximum atomic E-state index is 12.6. The molecule has 1 aromatic rings. The summed E-state index contributed by atoms with van der Waals surface area (Å²) in [5.41, 5.74) is 6.05. The molecule has 0 aromatic heterocycles. The van der Waals surface area contributed by atoms with Gasteiger partial charge >= 0.3 is 24.1 Å². The lowest BCUT2D eigenvalue weighted by molar-refractivity contribution is -0.155. The molecule has 0 fully saturated rings. The second-order valence-corrected chi connectivity index (χ2v) is 12.4. The van der Waals surface area contributed by atoms with E-state index in [9.17, 15) is 19.2 Å². The number of benzene rings is 1. The Kier molecular flexibility index (Phi) is 12.4. The summed E-state index contributed by atoms with van der Waals surface area (Å²) < 4.78 is 26.5. The highest BCUT2D eigenvalue weighted by Gasteiger charge is 2.26. The molecule has 220 valence electrons. The van der Waals surface area contributed by atoms with Gasteiger partial charge in [-0.25, -0.2) is 4.79 Å². The zero-order valence-corrected chi connectivity index (χ0v) is 24.9. The Morgan fingerprint density at radius 2 is 1.23 bits per heavy atom. The molecule has 0 saturated carbocycles. The van der Waals surface area contributed by atoms with Crippen LogP contribution in [0.15, 0.2) is 18.2 Å².